The molecule has 3 nitrogen and oxygen atoms in total. The fourth-order valence-corrected chi connectivity index (χ4v) is 1.02. The Labute approximate surface area is 87.3 Å². The van der Waals surface area contributed by atoms with E-state index in [0.29, 0.717) is 10.8 Å². The molecule has 0 radical (unpaired) electrons. The van der Waals surface area contributed by atoms with Gasteiger partial charge in [-0.3, -0.25) is 4.79 Å². The van der Waals surface area contributed by atoms with E-state index in [-0.39, 0.29) is 18.8 Å². The first-order chi connectivity index (χ1) is 6.72. The molecule has 0 aliphatic carbocycles. The maximum Gasteiger partial charge on any atom is 0.161 e. The van der Waals surface area contributed by atoms with Gasteiger partial charge in [-0.25, -0.2) is 0 Å². The Morgan fingerprint density at radius 1 is 1.36 bits per heavy atom. The van der Waals surface area contributed by atoms with E-state index in [9.17, 15) is 4.79 Å². The van der Waals surface area contributed by atoms with Crippen LogP contribution >= 0.6 is 11.6 Å². The molecule has 1 aromatic rings. The summed E-state index contributed by atoms with van der Waals surface area (Å²) in [5.74, 6) is 0.444. The molecule has 0 saturated heterocycles. The molecule has 0 saturated carbocycles. The van der Waals surface area contributed by atoms with Crippen molar-refractivity contribution in [2.45, 2.75) is 6.42 Å². The topological polar surface area (TPSA) is 46.5 Å². The lowest BCUT2D eigenvalue weighted by Crippen LogP contribution is -2.09. The van der Waals surface area contributed by atoms with E-state index >= 15 is 0 Å². The first-order valence-corrected chi connectivity index (χ1v) is 4.61. The van der Waals surface area contributed by atoms with Crippen LogP contribution in [0.15, 0.2) is 24.3 Å². The third-order valence-electron chi connectivity index (χ3n) is 1.64. The normalized spacial score (nSPS) is 9.86. The lowest BCUT2D eigenvalue weighted by molar-refractivity contribution is -0.122. The lowest BCUT2D eigenvalue weighted by atomic mass is 10.3. The third kappa shape index (κ3) is 3.77. The van der Waals surface area contributed by atoms with Crippen LogP contribution < -0.4 is 4.74 Å². The van der Waals surface area contributed by atoms with Crippen LogP contribution in [0.1, 0.15) is 6.42 Å². The van der Waals surface area contributed by atoms with Gasteiger partial charge >= 0.3 is 0 Å². The molecule has 1 N–H and O–H groups in total. The van der Waals surface area contributed by atoms with Gasteiger partial charge in [0.2, 0.25) is 0 Å². The Balaban J connectivity index is 2.31. The van der Waals surface area contributed by atoms with Crippen molar-refractivity contribution in [3.63, 3.8) is 0 Å². The molecule has 0 atom stereocenters. The smallest absolute Gasteiger partial charge is 0.161 e. The maximum absolute atomic E-state index is 10.7. The highest BCUT2D eigenvalue weighted by atomic mass is 35.5. The highest BCUT2D eigenvalue weighted by Gasteiger charge is 1.99. The molecular weight excluding hydrogens is 204 g/mol. The second kappa shape index (κ2) is 5.62. The van der Waals surface area contributed by atoms with Crippen LogP contribution in [-0.2, 0) is 4.79 Å². The molecule has 0 heterocycles. The lowest BCUT2D eigenvalue weighted by Gasteiger charge is -2.04. The number of hydrogen-bond acceptors (Lipinski definition) is 3. The van der Waals surface area contributed by atoms with E-state index in [1.165, 1.54) is 0 Å². The van der Waals surface area contributed by atoms with Crippen molar-refractivity contribution in [2.75, 3.05) is 13.2 Å². The van der Waals surface area contributed by atoms with E-state index in [0.717, 1.165) is 0 Å². The average molecular weight is 215 g/mol. The molecule has 1 aromatic carbocycles. The minimum atomic E-state index is -0.427. The van der Waals surface area contributed by atoms with Gasteiger partial charge in [0.25, 0.3) is 0 Å². The van der Waals surface area contributed by atoms with Crippen LogP contribution in [0.5, 0.6) is 5.75 Å². The number of ether oxygens (including phenoxy) is 1. The Morgan fingerprint density at radius 2 is 2.00 bits per heavy atom. The fourth-order valence-electron chi connectivity index (χ4n) is 0.893. The number of aliphatic hydroxyl groups excluding tert-OH is 1. The molecule has 76 valence electrons. The number of benzene rings is 1. The molecule has 0 aliphatic rings. The molecule has 4 heteroatoms. The minimum absolute atomic E-state index is 0.221. The predicted octanol–water partition coefficient (Wildman–Crippen LogP) is 1.67. The van der Waals surface area contributed by atoms with E-state index in [2.05, 4.69) is 0 Å². The van der Waals surface area contributed by atoms with Gasteiger partial charge in [-0.15, -0.1) is 0 Å². The zero-order valence-corrected chi connectivity index (χ0v) is 8.33. The summed E-state index contributed by atoms with van der Waals surface area (Å²) in [4.78, 5) is 10.7. The molecule has 0 aromatic heterocycles. The molecule has 0 spiro atoms. The molecule has 0 fully saturated rings. The highest BCUT2D eigenvalue weighted by Crippen LogP contribution is 2.15. The summed E-state index contributed by atoms with van der Waals surface area (Å²) in [5, 5.41) is 9.09. The summed E-state index contributed by atoms with van der Waals surface area (Å²) in [6.07, 6.45) is 0.221. The summed E-state index contributed by atoms with van der Waals surface area (Å²) in [6, 6.07) is 6.88. The number of carbonyl (C=O) groups excluding carboxylic acids is 1. The molecule has 0 unspecified atom stereocenters. The monoisotopic (exact) mass is 214 g/mol. The summed E-state index contributed by atoms with van der Waals surface area (Å²) in [7, 11) is 0. The van der Waals surface area contributed by atoms with Crippen LogP contribution in [0.4, 0.5) is 0 Å². The molecule has 0 bridgehead atoms. The van der Waals surface area contributed by atoms with E-state index in [1.54, 1.807) is 24.3 Å². The van der Waals surface area contributed by atoms with Crippen molar-refractivity contribution in [1.82, 2.24) is 0 Å². The summed E-state index contributed by atoms with van der Waals surface area (Å²) >= 11 is 5.68. The van der Waals surface area contributed by atoms with Crippen LogP contribution in [0.3, 0.4) is 0 Å². The first kappa shape index (κ1) is 11.0. The van der Waals surface area contributed by atoms with Crippen molar-refractivity contribution in [3.8, 4) is 5.75 Å². The SMILES string of the molecule is O=C(CO)CCOc1ccc(Cl)cc1. The zero-order chi connectivity index (χ0) is 10.4. The van der Waals surface area contributed by atoms with Gasteiger partial charge in [0.1, 0.15) is 12.4 Å². The highest BCUT2D eigenvalue weighted by molar-refractivity contribution is 6.30. The number of rotatable bonds is 5. The Bertz CT molecular complexity index is 295. The third-order valence-corrected chi connectivity index (χ3v) is 1.89. The van der Waals surface area contributed by atoms with Gasteiger partial charge in [0, 0.05) is 11.4 Å². The number of aliphatic hydroxyl groups is 1. The van der Waals surface area contributed by atoms with Crippen LogP contribution in [0.2, 0.25) is 5.02 Å². The number of hydrogen-bond donors (Lipinski definition) is 1. The average Bonchev–Trinajstić information content (AvgIpc) is 2.21. The van der Waals surface area contributed by atoms with E-state index in [4.69, 9.17) is 21.4 Å². The standard InChI is InChI=1S/C10H11ClO3/c11-8-1-3-10(4-2-8)14-6-5-9(13)7-12/h1-4,12H,5-7H2. The molecular formula is C10H11ClO3. The summed E-state index contributed by atoms with van der Waals surface area (Å²) < 4.78 is 5.24. The second-order valence-corrected chi connectivity index (χ2v) is 3.19. The van der Waals surface area contributed by atoms with Crippen LogP contribution in [0, 0.1) is 0 Å². The summed E-state index contributed by atoms with van der Waals surface area (Å²) in [6.45, 7) is -0.148. The number of ketones is 1. The Kier molecular flexibility index (Phi) is 4.43. The molecule has 0 aliphatic heterocycles. The Hall–Kier alpha value is -1.06. The molecule has 0 amide bonds. The van der Waals surface area contributed by atoms with Crippen molar-refractivity contribution < 1.29 is 14.6 Å². The van der Waals surface area contributed by atoms with Gasteiger partial charge in [-0.1, -0.05) is 11.6 Å². The van der Waals surface area contributed by atoms with Crippen molar-refractivity contribution in [3.05, 3.63) is 29.3 Å². The quantitative estimate of drug-likeness (QED) is 0.811. The second-order valence-electron chi connectivity index (χ2n) is 2.75. The zero-order valence-electron chi connectivity index (χ0n) is 7.57. The van der Waals surface area contributed by atoms with Crippen LogP contribution in [-0.4, -0.2) is 24.1 Å². The van der Waals surface area contributed by atoms with Gasteiger partial charge in [0.15, 0.2) is 5.78 Å². The van der Waals surface area contributed by atoms with Crippen molar-refractivity contribution in [2.24, 2.45) is 0 Å². The number of halogens is 1. The predicted molar refractivity (Wildman–Crippen MR) is 53.7 cm³/mol. The van der Waals surface area contributed by atoms with Crippen molar-refractivity contribution in [1.29, 1.82) is 0 Å². The molecule has 14 heavy (non-hydrogen) atoms. The summed E-state index contributed by atoms with van der Waals surface area (Å²) in [5.41, 5.74) is 0. The first-order valence-electron chi connectivity index (χ1n) is 4.23. The van der Waals surface area contributed by atoms with Gasteiger partial charge in [0.05, 0.1) is 6.61 Å². The molecule has 1 rings (SSSR count). The largest absolute Gasteiger partial charge is 0.493 e. The van der Waals surface area contributed by atoms with E-state index < -0.39 is 6.61 Å². The fraction of sp³-hybridized carbons (Fsp3) is 0.300. The minimum Gasteiger partial charge on any atom is -0.493 e. The number of Topliss-reactive ketones (excluding diaryl/α,β-unsaturated/α-hetero) is 1. The van der Waals surface area contributed by atoms with Crippen LogP contribution in [0.25, 0.3) is 0 Å². The van der Waals surface area contributed by atoms with E-state index in [1.807, 2.05) is 0 Å². The van der Waals surface area contributed by atoms with Gasteiger partial charge < -0.3 is 9.84 Å². The number of carbonyl (C=O) groups is 1. The van der Waals surface area contributed by atoms with Crippen molar-refractivity contribution >= 4 is 17.4 Å². The maximum atomic E-state index is 10.7. The van der Waals surface area contributed by atoms with Gasteiger partial charge in [-0.2, -0.15) is 0 Å². The Morgan fingerprint density at radius 3 is 2.57 bits per heavy atom. The van der Waals surface area contributed by atoms with Gasteiger partial charge in [-0.05, 0) is 24.3 Å².